The fourth-order valence-electron chi connectivity index (χ4n) is 2.87. The van der Waals surface area contributed by atoms with E-state index in [9.17, 15) is 18.8 Å². The van der Waals surface area contributed by atoms with Gasteiger partial charge >= 0.3 is 0 Å². The molecule has 3 rings (SSSR count). The highest BCUT2D eigenvalue weighted by molar-refractivity contribution is 8.18. The largest absolute Gasteiger partial charge is 0.490 e. The number of nitrogens with zero attached hydrogens (tertiary/aromatic N) is 1. The third kappa shape index (κ3) is 5.60. The Balaban J connectivity index is 1.76. The van der Waals surface area contributed by atoms with Gasteiger partial charge in [-0.3, -0.25) is 19.3 Å². The number of carbonyl (C=O) groups excluding carboxylic acids is 3. The number of likely N-dealkylation sites (N-methyl/N-ethyl adjacent to an activating group) is 1. The molecule has 1 heterocycles. The average molecular weight is 479 g/mol. The second kappa shape index (κ2) is 10.5. The number of carbonyl (C=O) groups is 3. The van der Waals surface area contributed by atoms with E-state index in [1.807, 2.05) is 0 Å². The van der Waals surface area contributed by atoms with Gasteiger partial charge in [0.2, 0.25) is 0 Å². The van der Waals surface area contributed by atoms with Crippen LogP contribution in [0.1, 0.15) is 19.4 Å². The fraction of sp³-hybridized carbons (Fsp3) is 0.227. The Bertz CT molecular complexity index is 1070. The number of benzene rings is 2. The van der Waals surface area contributed by atoms with Crippen molar-refractivity contribution in [2.45, 2.75) is 13.8 Å². The van der Waals surface area contributed by atoms with Crippen LogP contribution in [0, 0.1) is 5.82 Å². The molecule has 3 amide bonds. The molecule has 0 aromatic heterocycles. The molecule has 10 heteroatoms. The smallest absolute Gasteiger partial charge is 0.293 e. The summed E-state index contributed by atoms with van der Waals surface area (Å²) in [5, 5.41) is 2.43. The maximum Gasteiger partial charge on any atom is 0.293 e. The monoisotopic (exact) mass is 478 g/mol. The minimum absolute atomic E-state index is 0.168. The minimum atomic E-state index is -0.465. The van der Waals surface area contributed by atoms with Crippen LogP contribution in [0.2, 0.25) is 5.02 Å². The van der Waals surface area contributed by atoms with Crippen molar-refractivity contribution in [3.05, 3.63) is 57.7 Å². The van der Waals surface area contributed by atoms with Gasteiger partial charge in [0.1, 0.15) is 5.82 Å². The van der Waals surface area contributed by atoms with Crippen LogP contribution in [-0.2, 0) is 9.59 Å². The number of imide groups is 1. The van der Waals surface area contributed by atoms with Crippen molar-refractivity contribution in [1.82, 2.24) is 4.90 Å². The summed E-state index contributed by atoms with van der Waals surface area (Å²) < 4.78 is 24.2. The number of amides is 3. The topological polar surface area (TPSA) is 84.9 Å². The van der Waals surface area contributed by atoms with E-state index >= 15 is 0 Å². The van der Waals surface area contributed by atoms with Crippen molar-refractivity contribution < 1.29 is 28.2 Å². The van der Waals surface area contributed by atoms with Crippen LogP contribution in [0.15, 0.2) is 41.3 Å². The van der Waals surface area contributed by atoms with Gasteiger partial charge in [0.15, 0.2) is 18.1 Å². The van der Waals surface area contributed by atoms with Crippen molar-refractivity contribution in [3.8, 4) is 11.5 Å². The van der Waals surface area contributed by atoms with Crippen molar-refractivity contribution in [2.24, 2.45) is 0 Å². The summed E-state index contributed by atoms with van der Waals surface area (Å²) >= 11 is 7.21. The Morgan fingerprint density at radius 2 is 1.91 bits per heavy atom. The number of hydrogen-bond acceptors (Lipinski definition) is 6. The van der Waals surface area contributed by atoms with Gasteiger partial charge in [0.05, 0.1) is 16.5 Å². The van der Waals surface area contributed by atoms with Gasteiger partial charge in [0.25, 0.3) is 17.1 Å². The van der Waals surface area contributed by atoms with Crippen LogP contribution >= 0.6 is 23.4 Å². The molecule has 0 bridgehead atoms. The van der Waals surface area contributed by atoms with Crippen LogP contribution in [0.3, 0.4) is 0 Å². The number of rotatable bonds is 8. The van der Waals surface area contributed by atoms with E-state index in [1.54, 1.807) is 32.1 Å². The lowest BCUT2D eigenvalue weighted by molar-refractivity contribution is -0.122. The van der Waals surface area contributed by atoms with Crippen LogP contribution in [-0.4, -0.2) is 41.7 Å². The molecule has 32 heavy (non-hydrogen) atoms. The summed E-state index contributed by atoms with van der Waals surface area (Å²) in [6.45, 7) is 3.75. The molecule has 1 fully saturated rings. The number of nitrogens with one attached hydrogen (secondary N) is 1. The van der Waals surface area contributed by atoms with E-state index in [4.69, 9.17) is 21.1 Å². The van der Waals surface area contributed by atoms with Crippen LogP contribution in [0.5, 0.6) is 11.5 Å². The molecule has 7 nitrogen and oxygen atoms in total. The Labute approximate surface area is 193 Å². The maximum atomic E-state index is 13.0. The lowest BCUT2D eigenvalue weighted by atomic mass is 10.1. The van der Waals surface area contributed by atoms with Crippen LogP contribution in [0.4, 0.5) is 14.9 Å². The second-order valence-electron chi connectivity index (χ2n) is 6.53. The third-order valence-electron chi connectivity index (χ3n) is 4.29. The molecule has 0 spiro atoms. The molecule has 1 aliphatic heterocycles. The SMILES string of the molecule is CCOc1cc(/C=C2/SC(=O)N(CC)C2=O)cc(Cl)c1OCC(=O)Nc1ccc(F)cc1. The molecule has 1 N–H and O–H groups in total. The first-order valence-electron chi connectivity index (χ1n) is 9.72. The van der Waals surface area contributed by atoms with Crippen molar-refractivity contribution >= 4 is 52.2 Å². The maximum absolute atomic E-state index is 13.0. The lowest BCUT2D eigenvalue weighted by Crippen LogP contribution is -2.27. The van der Waals surface area contributed by atoms with Crippen molar-refractivity contribution in [2.75, 3.05) is 25.1 Å². The van der Waals surface area contributed by atoms with E-state index in [0.29, 0.717) is 24.4 Å². The van der Waals surface area contributed by atoms with E-state index in [-0.39, 0.29) is 39.2 Å². The summed E-state index contributed by atoms with van der Waals surface area (Å²) in [6, 6.07) is 8.49. The summed E-state index contributed by atoms with van der Waals surface area (Å²) in [6.07, 6.45) is 1.56. The van der Waals surface area contributed by atoms with E-state index < -0.39 is 11.7 Å². The lowest BCUT2D eigenvalue weighted by Gasteiger charge is -2.14. The number of anilines is 1. The van der Waals surface area contributed by atoms with Crippen LogP contribution < -0.4 is 14.8 Å². The predicted octanol–water partition coefficient (Wildman–Crippen LogP) is 4.95. The summed E-state index contributed by atoms with van der Waals surface area (Å²) in [4.78, 5) is 37.8. The minimum Gasteiger partial charge on any atom is -0.490 e. The van der Waals surface area contributed by atoms with Crippen LogP contribution in [0.25, 0.3) is 6.08 Å². The first kappa shape index (κ1) is 23.6. The first-order chi connectivity index (χ1) is 15.3. The second-order valence-corrected chi connectivity index (χ2v) is 7.93. The molecular weight excluding hydrogens is 459 g/mol. The van der Waals surface area contributed by atoms with Crippen molar-refractivity contribution in [1.29, 1.82) is 0 Å². The number of halogens is 2. The van der Waals surface area contributed by atoms with Gasteiger partial charge in [-0.05, 0) is 73.6 Å². The highest BCUT2D eigenvalue weighted by Crippen LogP contribution is 2.39. The standard InChI is InChI=1S/C22H20ClFN2O5S/c1-3-26-21(28)18(32-22(26)29)11-13-9-16(23)20(17(10-13)30-4-2)31-12-19(27)25-15-7-5-14(24)6-8-15/h5-11H,3-4,12H2,1-2H3,(H,25,27)/b18-11+. The predicted molar refractivity (Wildman–Crippen MR) is 121 cm³/mol. The molecule has 2 aromatic rings. The van der Waals surface area contributed by atoms with E-state index in [0.717, 1.165) is 16.7 Å². The zero-order valence-electron chi connectivity index (χ0n) is 17.3. The molecule has 1 saturated heterocycles. The zero-order chi connectivity index (χ0) is 23.3. The third-order valence-corrected chi connectivity index (χ3v) is 5.48. The molecule has 168 valence electrons. The van der Waals surface area contributed by atoms with Gasteiger partial charge in [-0.15, -0.1) is 0 Å². The van der Waals surface area contributed by atoms with Gasteiger partial charge in [-0.1, -0.05) is 11.6 Å². The molecule has 0 atom stereocenters. The molecule has 1 aliphatic rings. The summed E-state index contributed by atoms with van der Waals surface area (Å²) in [5.41, 5.74) is 0.968. The van der Waals surface area contributed by atoms with Gasteiger partial charge in [-0.2, -0.15) is 0 Å². The zero-order valence-corrected chi connectivity index (χ0v) is 18.9. The van der Waals surface area contributed by atoms with Gasteiger partial charge in [0, 0.05) is 12.2 Å². The first-order valence-corrected chi connectivity index (χ1v) is 10.9. The molecule has 0 unspecified atom stereocenters. The number of ether oxygens (including phenoxy) is 2. The highest BCUT2D eigenvalue weighted by Gasteiger charge is 2.33. The Morgan fingerprint density at radius 3 is 2.53 bits per heavy atom. The summed E-state index contributed by atoms with van der Waals surface area (Å²) in [7, 11) is 0. The molecular formula is C22H20ClFN2O5S. The molecule has 2 aromatic carbocycles. The Hall–Kier alpha value is -3.04. The number of thioether (sulfide) groups is 1. The molecule has 0 saturated carbocycles. The fourth-order valence-corrected chi connectivity index (χ4v) is 4.04. The normalized spacial score (nSPS) is 14.8. The van der Waals surface area contributed by atoms with Gasteiger partial charge in [-0.25, -0.2) is 4.39 Å². The Morgan fingerprint density at radius 1 is 1.19 bits per heavy atom. The molecule has 0 aliphatic carbocycles. The van der Waals surface area contributed by atoms with E-state index in [2.05, 4.69) is 5.32 Å². The Kier molecular flexibility index (Phi) is 7.76. The quantitative estimate of drug-likeness (QED) is 0.540. The summed E-state index contributed by atoms with van der Waals surface area (Å²) in [5.74, 6) is -0.786. The van der Waals surface area contributed by atoms with Crippen molar-refractivity contribution in [3.63, 3.8) is 0 Å². The van der Waals surface area contributed by atoms with E-state index in [1.165, 1.54) is 24.3 Å². The molecule has 0 radical (unpaired) electrons. The van der Waals surface area contributed by atoms with Gasteiger partial charge < -0.3 is 14.8 Å². The number of hydrogen-bond donors (Lipinski definition) is 1. The highest BCUT2D eigenvalue weighted by atomic mass is 35.5. The average Bonchev–Trinajstić information content (AvgIpc) is 3.01.